The zero-order chi connectivity index (χ0) is 18.8. The highest BCUT2D eigenvalue weighted by Crippen LogP contribution is 2.31. The number of aryl methyl sites for hydroxylation is 2. The van der Waals surface area contributed by atoms with Gasteiger partial charge in [0, 0.05) is 10.9 Å². The molecule has 0 radical (unpaired) electrons. The molecule has 0 saturated heterocycles. The fourth-order valence-electron chi connectivity index (χ4n) is 2.34. The standard InChI is InChI=1S/C17H21N5O2S2/c1-9(2)22-14(13-7-6-8-24-13)20-21-17(22)26-12(5)15(23)19-16-18-10(3)11(4)25-16/h6-9,12H,1-5H3,(H,18,19,23). The van der Waals surface area contributed by atoms with Gasteiger partial charge in [-0.25, -0.2) is 4.98 Å². The second kappa shape index (κ2) is 7.63. The average molecular weight is 392 g/mol. The maximum Gasteiger partial charge on any atom is 0.239 e. The summed E-state index contributed by atoms with van der Waals surface area (Å²) in [6.45, 7) is 9.86. The normalized spacial score (nSPS) is 12.5. The first-order valence-electron chi connectivity index (χ1n) is 8.27. The Balaban J connectivity index is 1.76. The predicted octanol–water partition coefficient (Wildman–Crippen LogP) is 4.31. The molecule has 3 heterocycles. The van der Waals surface area contributed by atoms with Crippen LogP contribution in [0.5, 0.6) is 0 Å². The topological polar surface area (TPSA) is 85.8 Å². The van der Waals surface area contributed by atoms with Crippen molar-refractivity contribution >= 4 is 34.1 Å². The van der Waals surface area contributed by atoms with Crippen molar-refractivity contribution in [3.63, 3.8) is 0 Å². The van der Waals surface area contributed by atoms with Crippen molar-refractivity contribution in [1.29, 1.82) is 0 Å². The molecule has 9 heteroatoms. The lowest BCUT2D eigenvalue weighted by Gasteiger charge is -2.15. The van der Waals surface area contributed by atoms with E-state index in [1.807, 2.05) is 51.3 Å². The molecule has 1 amide bonds. The average Bonchev–Trinajstić information content (AvgIpc) is 3.28. The Morgan fingerprint density at radius 3 is 2.65 bits per heavy atom. The van der Waals surface area contributed by atoms with E-state index in [4.69, 9.17) is 4.42 Å². The maximum absolute atomic E-state index is 12.5. The van der Waals surface area contributed by atoms with Gasteiger partial charge in [0.15, 0.2) is 16.0 Å². The Bertz CT molecular complexity index is 879. The van der Waals surface area contributed by atoms with Crippen LogP contribution in [0.1, 0.15) is 37.4 Å². The lowest BCUT2D eigenvalue weighted by atomic mass is 10.3. The molecule has 1 atom stereocenters. The number of nitrogens with zero attached hydrogens (tertiary/aromatic N) is 4. The summed E-state index contributed by atoms with van der Waals surface area (Å²) in [5, 5.41) is 12.4. The third-order valence-electron chi connectivity index (χ3n) is 3.83. The van der Waals surface area contributed by atoms with E-state index in [1.165, 1.54) is 23.1 Å². The molecule has 3 aromatic rings. The summed E-state index contributed by atoms with van der Waals surface area (Å²) in [7, 11) is 0. The molecule has 26 heavy (non-hydrogen) atoms. The third-order valence-corrected chi connectivity index (χ3v) is 5.88. The maximum atomic E-state index is 12.5. The third kappa shape index (κ3) is 3.83. The second-order valence-corrected chi connectivity index (χ2v) is 8.67. The Morgan fingerprint density at radius 1 is 1.31 bits per heavy atom. The molecule has 3 rings (SSSR count). The van der Waals surface area contributed by atoms with Crippen molar-refractivity contribution in [3.05, 3.63) is 29.0 Å². The van der Waals surface area contributed by atoms with Gasteiger partial charge in [-0.1, -0.05) is 11.8 Å². The Labute approximate surface area is 160 Å². The molecule has 7 nitrogen and oxygen atoms in total. The molecule has 3 aromatic heterocycles. The van der Waals surface area contributed by atoms with Crippen LogP contribution in [-0.2, 0) is 4.79 Å². The van der Waals surface area contributed by atoms with Gasteiger partial charge in [0.25, 0.3) is 0 Å². The summed E-state index contributed by atoms with van der Waals surface area (Å²) in [4.78, 5) is 18.0. The highest BCUT2D eigenvalue weighted by molar-refractivity contribution is 8.00. The number of carbonyl (C=O) groups excluding carboxylic acids is 1. The van der Waals surface area contributed by atoms with Crippen LogP contribution in [-0.4, -0.2) is 30.9 Å². The lowest BCUT2D eigenvalue weighted by Crippen LogP contribution is -2.23. The van der Waals surface area contributed by atoms with E-state index in [9.17, 15) is 4.79 Å². The number of nitrogens with one attached hydrogen (secondary N) is 1. The number of amides is 1. The van der Waals surface area contributed by atoms with Gasteiger partial charge in [-0.15, -0.1) is 21.5 Å². The summed E-state index contributed by atoms with van der Waals surface area (Å²) in [6.07, 6.45) is 1.61. The van der Waals surface area contributed by atoms with Crippen LogP contribution in [0.4, 0.5) is 5.13 Å². The predicted molar refractivity (Wildman–Crippen MR) is 104 cm³/mol. The Morgan fingerprint density at radius 2 is 2.08 bits per heavy atom. The van der Waals surface area contributed by atoms with Crippen LogP contribution in [0.15, 0.2) is 28.0 Å². The van der Waals surface area contributed by atoms with Crippen molar-refractivity contribution in [3.8, 4) is 11.6 Å². The van der Waals surface area contributed by atoms with Gasteiger partial charge < -0.3 is 9.73 Å². The molecular weight excluding hydrogens is 370 g/mol. The van der Waals surface area contributed by atoms with Crippen LogP contribution in [0.25, 0.3) is 11.6 Å². The number of thiazole rings is 1. The first-order chi connectivity index (χ1) is 12.4. The molecule has 0 aliphatic heterocycles. The zero-order valence-electron chi connectivity index (χ0n) is 15.3. The van der Waals surface area contributed by atoms with E-state index >= 15 is 0 Å². The number of carbonyl (C=O) groups is 1. The molecule has 0 aliphatic carbocycles. The van der Waals surface area contributed by atoms with Gasteiger partial charge in [0.1, 0.15) is 0 Å². The minimum Gasteiger partial charge on any atom is -0.461 e. The first kappa shape index (κ1) is 18.7. The minimum absolute atomic E-state index is 0.110. The van der Waals surface area contributed by atoms with E-state index in [0.717, 1.165) is 10.6 Å². The smallest absolute Gasteiger partial charge is 0.239 e. The molecule has 0 aliphatic rings. The van der Waals surface area contributed by atoms with Gasteiger partial charge in [-0.2, -0.15) is 0 Å². The summed E-state index contributed by atoms with van der Waals surface area (Å²) < 4.78 is 7.43. The molecule has 0 spiro atoms. The molecule has 0 fully saturated rings. The summed E-state index contributed by atoms with van der Waals surface area (Å²) in [6, 6.07) is 3.79. The number of anilines is 1. The fraction of sp³-hybridized carbons (Fsp3) is 0.412. The van der Waals surface area contributed by atoms with E-state index < -0.39 is 0 Å². The number of hydrogen-bond acceptors (Lipinski definition) is 7. The molecule has 138 valence electrons. The van der Waals surface area contributed by atoms with E-state index in [2.05, 4.69) is 20.5 Å². The van der Waals surface area contributed by atoms with Crippen LogP contribution < -0.4 is 5.32 Å². The van der Waals surface area contributed by atoms with Crippen LogP contribution in [0.3, 0.4) is 0 Å². The number of furan rings is 1. The molecular formula is C17H21N5O2S2. The van der Waals surface area contributed by atoms with Crippen molar-refractivity contribution in [2.75, 3.05) is 5.32 Å². The van der Waals surface area contributed by atoms with Crippen LogP contribution in [0, 0.1) is 13.8 Å². The fourth-order valence-corrected chi connectivity index (χ4v) is 4.14. The summed E-state index contributed by atoms with van der Waals surface area (Å²) >= 11 is 2.85. The number of hydrogen-bond donors (Lipinski definition) is 1. The molecule has 0 saturated carbocycles. The Hall–Kier alpha value is -2.13. The van der Waals surface area contributed by atoms with E-state index in [1.54, 1.807) is 6.26 Å². The van der Waals surface area contributed by atoms with Crippen molar-refractivity contribution in [2.45, 2.75) is 51.1 Å². The summed E-state index contributed by atoms with van der Waals surface area (Å²) in [5.74, 6) is 1.21. The van der Waals surface area contributed by atoms with Crippen molar-refractivity contribution in [1.82, 2.24) is 19.7 Å². The molecule has 1 unspecified atom stereocenters. The van der Waals surface area contributed by atoms with Crippen molar-refractivity contribution < 1.29 is 9.21 Å². The monoisotopic (exact) mass is 391 g/mol. The quantitative estimate of drug-likeness (QED) is 0.630. The zero-order valence-corrected chi connectivity index (χ0v) is 16.9. The summed E-state index contributed by atoms with van der Waals surface area (Å²) in [5.41, 5.74) is 0.938. The minimum atomic E-state index is -0.342. The van der Waals surface area contributed by atoms with Gasteiger partial charge in [0.2, 0.25) is 11.7 Å². The number of aromatic nitrogens is 4. The molecule has 1 N–H and O–H groups in total. The van der Waals surface area contributed by atoms with Gasteiger partial charge in [0.05, 0.1) is 17.2 Å². The van der Waals surface area contributed by atoms with Gasteiger partial charge in [-0.3, -0.25) is 9.36 Å². The van der Waals surface area contributed by atoms with E-state index in [0.29, 0.717) is 21.9 Å². The van der Waals surface area contributed by atoms with E-state index in [-0.39, 0.29) is 17.2 Å². The van der Waals surface area contributed by atoms with Crippen molar-refractivity contribution in [2.24, 2.45) is 0 Å². The van der Waals surface area contributed by atoms with Gasteiger partial charge in [-0.05, 0) is 46.8 Å². The number of thioether (sulfide) groups is 1. The highest BCUT2D eigenvalue weighted by atomic mass is 32.2. The second-order valence-electron chi connectivity index (χ2n) is 6.16. The van der Waals surface area contributed by atoms with Crippen LogP contribution in [0.2, 0.25) is 0 Å². The largest absolute Gasteiger partial charge is 0.461 e. The highest BCUT2D eigenvalue weighted by Gasteiger charge is 2.23. The molecule has 0 bridgehead atoms. The SMILES string of the molecule is Cc1nc(NC(=O)C(C)Sc2nnc(-c3ccco3)n2C(C)C)sc1C. The first-order valence-corrected chi connectivity index (χ1v) is 9.96. The lowest BCUT2D eigenvalue weighted by molar-refractivity contribution is -0.115. The number of rotatable bonds is 6. The Kier molecular flexibility index (Phi) is 5.47. The molecule has 0 aromatic carbocycles. The van der Waals surface area contributed by atoms with Crippen LogP contribution >= 0.6 is 23.1 Å². The van der Waals surface area contributed by atoms with Gasteiger partial charge >= 0.3 is 0 Å².